The molecule has 49 heavy (non-hydrogen) atoms. The van der Waals surface area contributed by atoms with E-state index in [0.29, 0.717) is 0 Å². The van der Waals surface area contributed by atoms with Gasteiger partial charge in [0.1, 0.15) is 34.7 Å². The van der Waals surface area contributed by atoms with E-state index in [2.05, 4.69) is 24.9 Å². The summed E-state index contributed by atoms with van der Waals surface area (Å²) in [5.74, 6) is -4.69. The summed E-state index contributed by atoms with van der Waals surface area (Å²) < 4.78 is 108. The largest absolute Gasteiger partial charge is 0.586 e. The van der Waals surface area contributed by atoms with E-state index in [1.54, 1.807) is 0 Å². The number of carbonyl (C=O) groups excluding carboxylic acids is 2. The van der Waals surface area contributed by atoms with Gasteiger partial charge in [0.25, 0.3) is 5.91 Å². The minimum atomic E-state index is -5.49. The number of alkyl halides is 6. The SMILES string of the molecule is COc1cc(C(=O)NCC(O)(c2cc3c(c(-c4ccc5c(c4)OC(F)(F)O5)n2)OC[C@]3(C)C(N)=O)C(F)(F)F)cc2cn(C3(F)CC3)nc12. The Bertz CT molecular complexity index is 2070. The molecule has 18 heteroatoms. The first kappa shape index (κ1) is 32.3. The van der Waals surface area contributed by atoms with Crippen molar-refractivity contribution in [3.8, 4) is 34.3 Å². The Balaban J connectivity index is 1.28. The molecule has 2 aromatic heterocycles. The molecule has 4 aromatic rings. The lowest BCUT2D eigenvalue weighted by molar-refractivity contribution is -0.286. The minimum Gasteiger partial charge on any atom is -0.494 e. The Morgan fingerprint density at radius 2 is 1.82 bits per heavy atom. The molecule has 0 saturated heterocycles. The molecule has 4 heterocycles. The standard InChI is InChI=1S/C31H25F6N5O7/c1-27(26(38)44)13-47-24-17(27)10-21(40-23(24)14-3-4-18-19(8-14)49-31(36,37)48-18)29(45,30(33,34)35)12-39-25(43)15-7-16-11-42(28(32)5-6-28)41-22(16)20(9-15)46-2/h3-4,7-11,45H,5-6,12-13H2,1-2H3,(H2,38,44)(H,39,43)/t27-,29?/m0/s1. The van der Waals surface area contributed by atoms with Crippen LogP contribution in [-0.2, 0) is 21.6 Å². The van der Waals surface area contributed by atoms with Gasteiger partial charge in [-0.25, -0.2) is 14.1 Å². The van der Waals surface area contributed by atoms with E-state index >= 15 is 0 Å². The Kier molecular flexibility index (Phi) is 6.83. The maximum atomic E-state index is 14.8. The number of fused-ring (bicyclic) bond motifs is 3. The molecule has 2 aromatic carbocycles. The van der Waals surface area contributed by atoms with Gasteiger partial charge < -0.3 is 35.1 Å². The number of aliphatic hydroxyl groups is 1. The van der Waals surface area contributed by atoms with Gasteiger partial charge in [-0.15, -0.1) is 8.78 Å². The van der Waals surface area contributed by atoms with Gasteiger partial charge in [-0.1, -0.05) is 0 Å². The van der Waals surface area contributed by atoms with E-state index in [-0.39, 0.29) is 63.4 Å². The summed E-state index contributed by atoms with van der Waals surface area (Å²) in [5.41, 5.74) is -1.66. The predicted molar refractivity (Wildman–Crippen MR) is 155 cm³/mol. The number of nitrogens with one attached hydrogen (secondary N) is 1. The number of carbonyl (C=O) groups is 2. The van der Waals surface area contributed by atoms with Crippen LogP contribution in [0, 0.1) is 0 Å². The molecule has 1 aliphatic carbocycles. The summed E-state index contributed by atoms with van der Waals surface area (Å²) in [7, 11) is 1.27. The molecule has 258 valence electrons. The van der Waals surface area contributed by atoms with Gasteiger partial charge >= 0.3 is 12.5 Å². The summed E-state index contributed by atoms with van der Waals surface area (Å²) >= 11 is 0. The maximum absolute atomic E-state index is 14.8. The number of nitrogens with zero attached hydrogens (tertiary/aromatic N) is 3. The van der Waals surface area contributed by atoms with E-state index in [1.807, 2.05) is 0 Å². The maximum Gasteiger partial charge on any atom is 0.586 e. The summed E-state index contributed by atoms with van der Waals surface area (Å²) in [6.45, 7) is -0.581. The van der Waals surface area contributed by atoms with Gasteiger partial charge in [0.05, 0.1) is 19.3 Å². The molecule has 2 atom stereocenters. The fourth-order valence-electron chi connectivity index (χ4n) is 5.66. The van der Waals surface area contributed by atoms with E-state index in [0.717, 1.165) is 22.9 Å². The molecule has 12 nitrogen and oxygen atoms in total. The quantitative estimate of drug-likeness (QED) is 0.230. The highest BCUT2D eigenvalue weighted by atomic mass is 19.4. The first-order chi connectivity index (χ1) is 22.9. The van der Waals surface area contributed by atoms with Crippen LogP contribution in [-0.4, -0.2) is 64.4 Å². The summed E-state index contributed by atoms with van der Waals surface area (Å²) in [6, 6.07) is 6.54. The van der Waals surface area contributed by atoms with Crippen molar-refractivity contribution in [3.63, 3.8) is 0 Å². The second kappa shape index (κ2) is 10.4. The van der Waals surface area contributed by atoms with Gasteiger partial charge in [-0.05, 0) is 43.3 Å². The van der Waals surface area contributed by atoms with Crippen molar-refractivity contribution < 1.29 is 60.0 Å². The first-order valence-electron chi connectivity index (χ1n) is 14.6. The predicted octanol–water partition coefficient (Wildman–Crippen LogP) is 4.16. The Morgan fingerprint density at radius 1 is 1.10 bits per heavy atom. The van der Waals surface area contributed by atoms with Crippen molar-refractivity contribution >= 4 is 22.7 Å². The lowest BCUT2D eigenvalue weighted by Crippen LogP contribution is -2.51. The van der Waals surface area contributed by atoms with Crippen LogP contribution in [0.25, 0.3) is 22.2 Å². The van der Waals surface area contributed by atoms with Crippen LogP contribution >= 0.6 is 0 Å². The minimum absolute atomic E-state index is 0.0499. The third-order valence-electron chi connectivity index (χ3n) is 8.82. The van der Waals surface area contributed by atoms with Crippen LogP contribution in [0.1, 0.15) is 41.4 Å². The lowest BCUT2D eigenvalue weighted by atomic mass is 9.81. The molecular formula is C31H25F6N5O7. The monoisotopic (exact) mass is 693 g/mol. The van der Waals surface area contributed by atoms with Crippen molar-refractivity contribution in [1.29, 1.82) is 0 Å². The molecule has 0 bridgehead atoms. The van der Waals surface area contributed by atoms with Crippen LogP contribution in [0.2, 0.25) is 0 Å². The molecule has 4 N–H and O–H groups in total. The van der Waals surface area contributed by atoms with Gasteiger partial charge in [0.2, 0.25) is 17.3 Å². The summed E-state index contributed by atoms with van der Waals surface area (Å²) in [6.07, 6.45) is -7.67. The molecule has 1 saturated carbocycles. The van der Waals surface area contributed by atoms with Crippen molar-refractivity contribution in [2.24, 2.45) is 5.73 Å². The number of ether oxygens (including phenoxy) is 4. The zero-order valence-electron chi connectivity index (χ0n) is 25.5. The number of hydrogen-bond acceptors (Lipinski definition) is 9. The number of methoxy groups -OCH3 is 1. The number of hydrogen-bond donors (Lipinski definition) is 3. The number of benzene rings is 2. The molecule has 3 aliphatic rings. The topological polar surface area (TPSA) is 160 Å². The number of nitrogens with two attached hydrogens (primary N) is 1. The highest BCUT2D eigenvalue weighted by molar-refractivity contribution is 6.00. The third kappa shape index (κ3) is 5.12. The van der Waals surface area contributed by atoms with E-state index in [4.69, 9.17) is 15.2 Å². The van der Waals surface area contributed by atoms with Crippen molar-refractivity contribution in [2.45, 2.75) is 49.0 Å². The second-order valence-electron chi connectivity index (χ2n) is 12.2. The number of primary amides is 1. The zero-order valence-corrected chi connectivity index (χ0v) is 25.5. The van der Waals surface area contributed by atoms with Gasteiger partial charge in [-0.2, -0.15) is 18.3 Å². The van der Waals surface area contributed by atoms with Gasteiger partial charge in [-0.3, -0.25) is 9.59 Å². The van der Waals surface area contributed by atoms with Crippen LogP contribution < -0.4 is 30.0 Å². The smallest absolute Gasteiger partial charge is 0.494 e. The van der Waals surface area contributed by atoms with Gasteiger partial charge in [0, 0.05) is 41.1 Å². The van der Waals surface area contributed by atoms with Crippen LogP contribution in [0.3, 0.4) is 0 Å². The highest BCUT2D eigenvalue weighted by Crippen LogP contribution is 2.50. The Labute approximate surface area is 271 Å². The fraction of sp³-hybridized carbons (Fsp3) is 0.355. The van der Waals surface area contributed by atoms with Crippen LogP contribution in [0.5, 0.6) is 23.0 Å². The second-order valence-corrected chi connectivity index (χ2v) is 12.2. The highest BCUT2D eigenvalue weighted by Gasteiger charge is 2.58. The zero-order chi connectivity index (χ0) is 35.3. The molecule has 2 aliphatic heterocycles. The van der Waals surface area contributed by atoms with Crippen molar-refractivity contribution in [2.75, 3.05) is 20.3 Å². The molecule has 0 radical (unpaired) electrons. The molecular weight excluding hydrogens is 668 g/mol. The number of rotatable bonds is 8. The van der Waals surface area contributed by atoms with Crippen molar-refractivity contribution in [1.82, 2.24) is 20.1 Å². The Hall–Kier alpha value is -5.26. The van der Waals surface area contributed by atoms with Gasteiger partial charge in [0.15, 0.2) is 11.5 Å². The lowest BCUT2D eigenvalue weighted by Gasteiger charge is -2.31. The normalized spacial score (nSPS) is 21.1. The Morgan fingerprint density at radius 3 is 2.47 bits per heavy atom. The summed E-state index contributed by atoms with van der Waals surface area (Å²) in [5, 5.41) is 17.9. The molecule has 7 rings (SSSR count). The average Bonchev–Trinajstić information content (AvgIpc) is 3.34. The molecule has 0 spiro atoms. The number of pyridine rings is 1. The number of aromatic nitrogens is 3. The molecule has 1 fully saturated rings. The van der Waals surface area contributed by atoms with Crippen molar-refractivity contribution in [3.05, 3.63) is 59.4 Å². The number of halogens is 6. The van der Waals surface area contributed by atoms with E-state index < -0.39 is 65.7 Å². The molecule has 2 amide bonds. The van der Waals surface area contributed by atoms with E-state index in [9.17, 15) is 41.0 Å². The average molecular weight is 694 g/mol. The molecule has 1 unspecified atom stereocenters. The van der Waals surface area contributed by atoms with E-state index in [1.165, 1.54) is 38.4 Å². The number of amides is 2. The van der Waals surface area contributed by atoms with Crippen LogP contribution in [0.4, 0.5) is 26.3 Å². The summed E-state index contributed by atoms with van der Waals surface area (Å²) in [4.78, 5) is 29.8. The van der Waals surface area contributed by atoms with Crippen LogP contribution in [0.15, 0.2) is 42.6 Å². The third-order valence-corrected chi connectivity index (χ3v) is 8.82. The fourth-order valence-corrected chi connectivity index (χ4v) is 5.66. The first-order valence-corrected chi connectivity index (χ1v) is 14.6.